The molecule has 0 nitrogen and oxygen atoms in total. The van der Waals surface area contributed by atoms with Crippen molar-refractivity contribution in [3.8, 4) is 0 Å². The molecule has 74 valence electrons. The molecule has 3 aliphatic carbocycles. The van der Waals surface area contributed by atoms with E-state index in [9.17, 15) is 0 Å². The second-order valence-electron chi connectivity index (χ2n) is 4.33. The summed E-state index contributed by atoms with van der Waals surface area (Å²) in [4.78, 5) is 0. The van der Waals surface area contributed by atoms with Gasteiger partial charge in [-0.05, 0) is 27.8 Å². The van der Waals surface area contributed by atoms with Gasteiger partial charge in [0.15, 0.2) is 0 Å². The molecule has 0 heterocycles. The molecule has 0 spiro atoms. The summed E-state index contributed by atoms with van der Waals surface area (Å²) in [6, 6.07) is 8.61. The van der Waals surface area contributed by atoms with Gasteiger partial charge in [0.05, 0.1) is 0 Å². The first kappa shape index (κ1) is 8.35. The predicted molar refractivity (Wildman–Crippen MR) is 66.4 cm³/mol. The lowest BCUT2D eigenvalue weighted by atomic mass is 9.83. The number of benzene rings is 1. The quantitative estimate of drug-likeness (QED) is 0.602. The second kappa shape index (κ2) is 2.85. The molecule has 0 saturated heterocycles. The number of hydrogen-bond donors (Lipinski definition) is 0. The molecule has 1 unspecified atom stereocenters. The number of allylic oxidation sites excluding steroid dienone is 8. The Balaban J connectivity index is 2.06. The van der Waals surface area contributed by atoms with Gasteiger partial charge < -0.3 is 0 Å². The van der Waals surface area contributed by atoms with Gasteiger partial charge in [0.2, 0.25) is 0 Å². The monoisotopic (exact) mass is 202 g/mol. The average molecular weight is 202 g/mol. The smallest absolute Gasteiger partial charge is 0.0430 e. The van der Waals surface area contributed by atoms with E-state index in [1.165, 1.54) is 27.8 Å². The molecule has 1 aromatic carbocycles. The van der Waals surface area contributed by atoms with E-state index < -0.39 is 0 Å². The summed E-state index contributed by atoms with van der Waals surface area (Å²) in [5.41, 5.74) is 6.81. The van der Waals surface area contributed by atoms with Crippen LogP contribution in [0, 0.1) is 12.3 Å². The molecule has 0 amide bonds. The Bertz CT molecular complexity index is 594. The molecule has 0 fully saturated rings. The molecule has 1 aromatic rings. The van der Waals surface area contributed by atoms with Gasteiger partial charge in [-0.25, -0.2) is 0 Å². The minimum Gasteiger partial charge on any atom is -0.0762 e. The third-order valence-corrected chi connectivity index (χ3v) is 3.49. The number of fused-ring (bicyclic) bond motifs is 3. The summed E-state index contributed by atoms with van der Waals surface area (Å²) in [5, 5.41) is 0. The predicted octanol–water partition coefficient (Wildman–Crippen LogP) is 3.67. The Morgan fingerprint density at radius 3 is 2.81 bits per heavy atom. The fourth-order valence-electron chi connectivity index (χ4n) is 2.81. The maximum Gasteiger partial charge on any atom is 0.0430 e. The average Bonchev–Trinajstić information content (AvgIpc) is 2.68. The molecule has 2 radical (unpaired) electrons. The Morgan fingerprint density at radius 2 is 1.88 bits per heavy atom. The zero-order valence-electron chi connectivity index (χ0n) is 8.77. The van der Waals surface area contributed by atoms with Crippen molar-refractivity contribution in [2.45, 2.75) is 0 Å². The van der Waals surface area contributed by atoms with Crippen LogP contribution >= 0.6 is 0 Å². The van der Waals surface area contributed by atoms with Crippen molar-refractivity contribution in [2.24, 2.45) is 5.92 Å². The zero-order valence-corrected chi connectivity index (χ0v) is 8.77. The van der Waals surface area contributed by atoms with E-state index in [1.54, 1.807) is 0 Å². The van der Waals surface area contributed by atoms with Gasteiger partial charge in [-0.15, -0.1) is 0 Å². The van der Waals surface area contributed by atoms with E-state index >= 15 is 0 Å². The molecule has 0 aliphatic heterocycles. The zero-order chi connectivity index (χ0) is 10.5. The van der Waals surface area contributed by atoms with Gasteiger partial charge in [0.25, 0.3) is 0 Å². The molecular weight excluding hydrogens is 192 g/mol. The van der Waals surface area contributed by atoms with Crippen LogP contribution in [0.3, 0.4) is 0 Å². The summed E-state index contributed by atoms with van der Waals surface area (Å²) >= 11 is 0. The van der Waals surface area contributed by atoms with Crippen LogP contribution in [0.2, 0.25) is 0 Å². The van der Waals surface area contributed by atoms with Gasteiger partial charge in [-0.1, -0.05) is 54.6 Å². The Kier molecular flexibility index (Phi) is 1.49. The van der Waals surface area contributed by atoms with E-state index in [2.05, 4.69) is 61.1 Å². The molecule has 3 aliphatic rings. The SMILES string of the molecule is [C]1C=CC2C=CC=C3C2=C1c1ccccc13. The number of rotatable bonds is 0. The lowest BCUT2D eigenvalue weighted by molar-refractivity contribution is 1.00. The molecule has 0 bridgehead atoms. The van der Waals surface area contributed by atoms with Crippen molar-refractivity contribution in [1.29, 1.82) is 0 Å². The minimum absolute atomic E-state index is 0.448. The molecule has 0 aromatic heterocycles. The van der Waals surface area contributed by atoms with Crippen molar-refractivity contribution in [3.05, 3.63) is 77.8 Å². The first-order valence-electron chi connectivity index (χ1n) is 5.61. The van der Waals surface area contributed by atoms with E-state index in [0.717, 1.165) is 0 Å². The van der Waals surface area contributed by atoms with Gasteiger partial charge in [0.1, 0.15) is 0 Å². The molecule has 0 saturated carbocycles. The van der Waals surface area contributed by atoms with Gasteiger partial charge in [-0.2, -0.15) is 0 Å². The second-order valence-corrected chi connectivity index (χ2v) is 4.33. The molecule has 0 heteroatoms. The third-order valence-electron chi connectivity index (χ3n) is 3.49. The van der Waals surface area contributed by atoms with Crippen LogP contribution in [-0.2, 0) is 0 Å². The first-order chi connectivity index (χ1) is 7.95. The molecule has 1 atom stereocenters. The van der Waals surface area contributed by atoms with Crippen LogP contribution in [0.1, 0.15) is 11.1 Å². The van der Waals surface area contributed by atoms with Crippen molar-refractivity contribution in [2.75, 3.05) is 0 Å². The van der Waals surface area contributed by atoms with E-state index in [4.69, 9.17) is 0 Å². The van der Waals surface area contributed by atoms with Gasteiger partial charge in [-0.3, -0.25) is 0 Å². The Labute approximate surface area is 95.3 Å². The third kappa shape index (κ3) is 0.898. The van der Waals surface area contributed by atoms with Crippen LogP contribution in [-0.4, -0.2) is 0 Å². The fourth-order valence-corrected chi connectivity index (χ4v) is 2.81. The van der Waals surface area contributed by atoms with E-state index in [1.807, 2.05) is 0 Å². The lowest BCUT2D eigenvalue weighted by Crippen LogP contribution is -2.04. The van der Waals surface area contributed by atoms with E-state index in [0.29, 0.717) is 5.92 Å². The largest absolute Gasteiger partial charge is 0.0762 e. The van der Waals surface area contributed by atoms with Gasteiger partial charge >= 0.3 is 0 Å². The summed E-state index contributed by atoms with van der Waals surface area (Å²) in [6.45, 7) is 0. The van der Waals surface area contributed by atoms with Crippen LogP contribution in [0.25, 0.3) is 11.1 Å². The number of hydrogen-bond acceptors (Lipinski definition) is 0. The molecule has 0 N–H and O–H groups in total. The standard InChI is InChI=1S/C16H10/c1-2-8-13-12(7-1)14-9-3-5-11-6-4-10-15(13)16(11)14/h1-9,11H. The highest BCUT2D eigenvalue weighted by Crippen LogP contribution is 2.49. The Hall–Kier alpha value is -1.82. The maximum atomic E-state index is 3.39. The van der Waals surface area contributed by atoms with E-state index in [-0.39, 0.29) is 0 Å². The highest BCUT2D eigenvalue weighted by Gasteiger charge is 2.31. The summed E-state index contributed by atoms with van der Waals surface area (Å²) < 4.78 is 0. The van der Waals surface area contributed by atoms with Crippen LogP contribution in [0.5, 0.6) is 0 Å². The van der Waals surface area contributed by atoms with Crippen molar-refractivity contribution < 1.29 is 0 Å². The topological polar surface area (TPSA) is 0 Å². The maximum absolute atomic E-state index is 3.39. The summed E-state index contributed by atoms with van der Waals surface area (Å²) in [7, 11) is 0. The van der Waals surface area contributed by atoms with Crippen LogP contribution < -0.4 is 0 Å². The van der Waals surface area contributed by atoms with Crippen LogP contribution in [0.15, 0.2) is 60.2 Å². The normalized spacial score (nSPS) is 24.2. The first-order valence-corrected chi connectivity index (χ1v) is 5.61. The fraction of sp³-hybridized carbons (Fsp3) is 0.0625. The molecule has 4 rings (SSSR count). The highest BCUT2D eigenvalue weighted by atomic mass is 14.3. The van der Waals surface area contributed by atoms with Crippen molar-refractivity contribution in [3.63, 3.8) is 0 Å². The highest BCUT2D eigenvalue weighted by molar-refractivity contribution is 6.05. The van der Waals surface area contributed by atoms with Crippen molar-refractivity contribution >= 4 is 11.1 Å². The Morgan fingerprint density at radius 1 is 1.00 bits per heavy atom. The van der Waals surface area contributed by atoms with Gasteiger partial charge in [0, 0.05) is 12.3 Å². The molecule has 16 heavy (non-hydrogen) atoms. The summed E-state index contributed by atoms with van der Waals surface area (Å²) in [6.07, 6.45) is 14.3. The lowest BCUT2D eigenvalue weighted by Gasteiger charge is -2.20. The van der Waals surface area contributed by atoms with Crippen molar-refractivity contribution in [1.82, 2.24) is 0 Å². The van der Waals surface area contributed by atoms with Crippen LogP contribution in [0.4, 0.5) is 0 Å². The summed E-state index contributed by atoms with van der Waals surface area (Å²) in [5.74, 6) is 0.448. The minimum atomic E-state index is 0.448. The molecular formula is C16H10.